The van der Waals surface area contributed by atoms with Crippen molar-refractivity contribution in [2.45, 2.75) is 36.6 Å². The van der Waals surface area contributed by atoms with E-state index in [9.17, 15) is 44.3 Å². The minimum atomic E-state index is -5.05. The zero-order chi connectivity index (χ0) is 37.6. The molecule has 0 saturated carbocycles. The largest absolute Gasteiger partial charge is 0.418 e. The molecule has 4 heterocycles. The quantitative estimate of drug-likeness (QED) is 0.210. The standard InChI is InChI=1S/C32H29Cl2F6N7O4S/c33-23-13-20(52(50,51)17-31(35,36)37)14-24(34)27(23)21-11-18-15-42-30(44-28(18)47(29(21)49)16-26(48)46-7-1-2-8-46)43-19-3-4-25(22(12-19)32(38,39)40)45-9-5-41-6-10-45/h3-4,11-15,41H,1-2,5-10,16-17H2,(H,42,43,44). The number of pyridine rings is 1. The molecule has 0 atom stereocenters. The topological polar surface area (TPSA) is 130 Å². The fraction of sp³-hybridized carbons (Fsp3) is 0.375. The fourth-order valence-corrected chi connectivity index (χ4v) is 8.20. The minimum Gasteiger partial charge on any atom is -0.368 e. The highest BCUT2D eigenvalue weighted by Crippen LogP contribution is 2.40. The van der Waals surface area contributed by atoms with Gasteiger partial charge in [0.15, 0.2) is 15.6 Å². The predicted molar refractivity (Wildman–Crippen MR) is 183 cm³/mol. The number of anilines is 3. The average molecular weight is 793 g/mol. The smallest absolute Gasteiger partial charge is 0.368 e. The van der Waals surface area contributed by atoms with Crippen LogP contribution in [0.15, 0.2) is 52.3 Å². The summed E-state index contributed by atoms with van der Waals surface area (Å²) in [4.78, 5) is 38.4. The second kappa shape index (κ2) is 14.4. The summed E-state index contributed by atoms with van der Waals surface area (Å²) in [7, 11) is -4.91. The van der Waals surface area contributed by atoms with Crippen LogP contribution in [0.25, 0.3) is 22.2 Å². The number of alkyl halides is 6. The first-order chi connectivity index (χ1) is 24.4. The van der Waals surface area contributed by atoms with Gasteiger partial charge in [-0.3, -0.25) is 14.2 Å². The second-order valence-electron chi connectivity index (χ2n) is 12.2. The summed E-state index contributed by atoms with van der Waals surface area (Å²) in [6, 6.07) is 6.48. The van der Waals surface area contributed by atoms with Crippen LogP contribution in [0.2, 0.25) is 10.0 Å². The van der Waals surface area contributed by atoms with Gasteiger partial charge in [0.2, 0.25) is 11.9 Å². The zero-order valence-electron chi connectivity index (χ0n) is 26.9. The first-order valence-electron chi connectivity index (χ1n) is 15.8. The van der Waals surface area contributed by atoms with E-state index >= 15 is 0 Å². The van der Waals surface area contributed by atoms with Gasteiger partial charge >= 0.3 is 12.4 Å². The van der Waals surface area contributed by atoms with Crippen molar-refractivity contribution >= 4 is 67.3 Å². The lowest BCUT2D eigenvalue weighted by molar-refractivity contribution is -0.137. The van der Waals surface area contributed by atoms with Crippen molar-refractivity contribution in [2.24, 2.45) is 0 Å². The predicted octanol–water partition coefficient (Wildman–Crippen LogP) is 5.90. The molecule has 2 aromatic carbocycles. The Kier molecular flexibility index (Phi) is 10.4. The molecule has 2 aromatic heterocycles. The summed E-state index contributed by atoms with van der Waals surface area (Å²) in [5.74, 6) is -2.80. The number of halogens is 8. The van der Waals surface area contributed by atoms with E-state index in [1.807, 2.05) is 0 Å². The third kappa shape index (κ3) is 8.09. The van der Waals surface area contributed by atoms with E-state index in [-0.39, 0.29) is 39.5 Å². The molecule has 1 amide bonds. The molecule has 2 N–H and O–H groups in total. The van der Waals surface area contributed by atoms with Crippen LogP contribution in [0.5, 0.6) is 0 Å². The molecule has 0 unspecified atom stereocenters. The molecule has 2 aliphatic rings. The van der Waals surface area contributed by atoms with Crippen LogP contribution in [-0.4, -0.2) is 85.0 Å². The van der Waals surface area contributed by atoms with Crippen LogP contribution >= 0.6 is 23.2 Å². The monoisotopic (exact) mass is 791 g/mol. The molecule has 52 heavy (non-hydrogen) atoms. The molecule has 0 radical (unpaired) electrons. The third-order valence-electron chi connectivity index (χ3n) is 8.59. The van der Waals surface area contributed by atoms with Gasteiger partial charge in [-0.15, -0.1) is 0 Å². The number of amides is 1. The lowest BCUT2D eigenvalue weighted by Crippen LogP contribution is -2.44. The molecule has 0 spiro atoms. The van der Waals surface area contributed by atoms with Crippen LogP contribution in [0, 0.1) is 0 Å². The van der Waals surface area contributed by atoms with Crippen LogP contribution < -0.4 is 21.1 Å². The van der Waals surface area contributed by atoms with Gasteiger partial charge in [-0.25, -0.2) is 13.4 Å². The highest BCUT2D eigenvalue weighted by molar-refractivity contribution is 7.91. The summed E-state index contributed by atoms with van der Waals surface area (Å²) in [5.41, 5.74) is -2.24. The Balaban J connectivity index is 1.43. The van der Waals surface area contributed by atoms with Crippen molar-refractivity contribution in [1.29, 1.82) is 0 Å². The van der Waals surface area contributed by atoms with Crippen LogP contribution in [0.1, 0.15) is 18.4 Å². The molecule has 2 aliphatic heterocycles. The van der Waals surface area contributed by atoms with Gasteiger partial charge in [0.1, 0.15) is 12.2 Å². The molecule has 4 aromatic rings. The molecule has 11 nitrogen and oxygen atoms in total. The first kappa shape index (κ1) is 37.6. The SMILES string of the molecule is O=C(Cn1c(=O)c(-c2c(Cl)cc(S(=O)(=O)CC(F)(F)F)cc2Cl)cc2cnc(Nc3ccc(N4CCNCC4)c(C(F)(F)F)c3)nc21)N1CCCC1. The van der Waals surface area contributed by atoms with Crippen molar-refractivity contribution in [3.8, 4) is 11.1 Å². The zero-order valence-corrected chi connectivity index (χ0v) is 29.2. The molecule has 2 fully saturated rings. The Labute approximate surface area is 302 Å². The molecular weight excluding hydrogens is 763 g/mol. The molecule has 0 aliphatic carbocycles. The van der Waals surface area contributed by atoms with Gasteiger partial charge in [0.05, 0.1) is 26.1 Å². The Hall–Kier alpha value is -4.13. The molecule has 2 saturated heterocycles. The number of nitrogens with one attached hydrogen (secondary N) is 2. The summed E-state index contributed by atoms with van der Waals surface area (Å²) >= 11 is 12.7. The fourth-order valence-electron chi connectivity index (χ4n) is 6.18. The number of hydrogen-bond donors (Lipinski definition) is 2. The van der Waals surface area contributed by atoms with Gasteiger partial charge in [0.25, 0.3) is 5.56 Å². The lowest BCUT2D eigenvalue weighted by atomic mass is 10.1. The van der Waals surface area contributed by atoms with Crippen LogP contribution in [-0.2, 0) is 27.4 Å². The van der Waals surface area contributed by atoms with Gasteiger partial charge < -0.3 is 20.4 Å². The Morgan fingerprint density at radius 1 is 0.942 bits per heavy atom. The highest BCUT2D eigenvalue weighted by atomic mass is 35.5. The Morgan fingerprint density at radius 2 is 1.60 bits per heavy atom. The molecule has 20 heteroatoms. The summed E-state index contributed by atoms with van der Waals surface area (Å²) < 4.78 is 107. The average Bonchev–Trinajstić information content (AvgIpc) is 3.61. The number of nitrogens with zero attached hydrogens (tertiary/aromatic N) is 5. The number of carbonyl (C=O) groups excluding carboxylic acids is 1. The van der Waals surface area contributed by atoms with E-state index in [1.54, 1.807) is 9.80 Å². The van der Waals surface area contributed by atoms with Crippen molar-refractivity contribution in [3.05, 3.63) is 68.6 Å². The first-order valence-corrected chi connectivity index (χ1v) is 18.2. The van der Waals surface area contributed by atoms with Crippen molar-refractivity contribution in [1.82, 2.24) is 24.8 Å². The summed E-state index contributed by atoms with van der Waals surface area (Å²) in [6.45, 7) is 2.20. The number of piperazine rings is 1. The normalized spacial score (nSPS) is 15.8. The van der Waals surface area contributed by atoms with Gasteiger partial charge in [-0.05, 0) is 49.2 Å². The molecular formula is C32H29Cl2F6N7O4S. The van der Waals surface area contributed by atoms with E-state index in [4.69, 9.17) is 23.2 Å². The minimum absolute atomic E-state index is 0.00310. The molecule has 6 rings (SSSR count). The van der Waals surface area contributed by atoms with Crippen LogP contribution in [0.4, 0.5) is 43.7 Å². The van der Waals surface area contributed by atoms with Crippen molar-refractivity contribution in [2.75, 3.05) is 55.2 Å². The summed E-state index contributed by atoms with van der Waals surface area (Å²) in [6.07, 6.45) is -6.99. The molecule has 0 bridgehead atoms. The van der Waals surface area contributed by atoms with Gasteiger partial charge in [-0.2, -0.15) is 31.3 Å². The maximum Gasteiger partial charge on any atom is 0.418 e. The Bertz CT molecular complexity index is 2180. The summed E-state index contributed by atoms with van der Waals surface area (Å²) in [5, 5.41) is 5.10. The highest BCUT2D eigenvalue weighted by Gasteiger charge is 2.37. The van der Waals surface area contributed by atoms with E-state index < -0.39 is 66.5 Å². The van der Waals surface area contributed by atoms with E-state index in [2.05, 4.69) is 20.6 Å². The number of fused-ring (bicyclic) bond motifs is 1. The van der Waals surface area contributed by atoms with Crippen molar-refractivity contribution < 1.29 is 39.6 Å². The maximum absolute atomic E-state index is 14.2. The van der Waals surface area contributed by atoms with E-state index in [1.165, 1.54) is 24.4 Å². The number of carbonyl (C=O) groups is 1. The number of aromatic nitrogens is 3. The Morgan fingerprint density at radius 3 is 2.21 bits per heavy atom. The number of benzene rings is 2. The third-order valence-corrected chi connectivity index (χ3v) is 10.9. The lowest BCUT2D eigenvalue weighted by Gasteiger charge is -2.31. The number of hydrogen-bond acceptors (Lipinski definition) is 9. The van der Waals surface area contributed by atoms with Gasteiger partial charge in [0, 0.05) is 67.8 Å². The van der Waals surface area contributed by atoms with E-state index in [0.717, 1.165) is 35.6 Å². The van der Waals surface area contributed by atoms with Crippen LogP contribution in [0.3, 0.4) is 0 Å². The number of likely N-dealkylation sites (tertiary alicyclic amines) is 1. The molecule has 278 valence electrons. The number of rotatable bonds is 8. The van der Waals surface area contributed by atoms with Gasteiger partial charge in [-0.1, -0.05) is 23.2 Å². The number of sulfone groups is 1. The maximum atomic E-state index is 14.2. The second-order valence-corrected chi connectivity index (χ2v) is 15.0. The van der Waals surface area contributed by atoms with Crippen molar-refractivity contribution in [3.63, 3.8) is 0 Å². The van der Waals surface area contributed by atoms with E-state index in [0.29, 0.717) is 39.3 Å².